The predicted octanol–water partition coefficient (Wildman–Crippen LogP) is 9.73. The molecule has 4 N–H and O–H groups in total. The zero-order chi connectivity index (χ0) is 33.9. The predicted molar refractivity (Wildman–Crippen MR) is 201 cm³/mol. The van der Waals surface area contributed by atoms with Crippen molar-refractivity contribution in [1.29, 1.82) is 0 Å². The monoisotopic (exact) mass is 658 g/mol. The van der Waals surface area contributed by atoms with Gasteiger partial charge in [0.05, 0.1) is 22.7 Å². The summed E-state index contributed by atoms with van der Waals surface area (Å²) in [5.74, 6) is 0.986. The highest BCUT2D eigenvalue weighted by atomic mass is 16.2. The molecule has 5 rings (SSSR count). The quantitative estimate of drug-likeness (QED) is 0.183. The molecule has 0 saturated heterocycles. The first-order valence-electron chi connectivity index (χ1n) is 19.2. The van der Waals surface area contributed by atoms with Crippen LogP contribution in [0, 0.1) is 11.8 Å². The summed E-state index contributed by atoms with van der Waals surface area (Å²) < 4.78 is 0. The molecular formula is C40H62N6O2. The Morgan fingerprint density at radius 2 is 0.938 bits per heavy atom. The number of aryl methyl sites for hydroxylation is 2. The Labute approximate surface area is 290 Å². The lowest BCUT2D eigenvalue weighted by Gasteiger charge is -2.40. The zero-order valence-corrected chi connectivity index (χ0v) is 30.2. The Morgan fingerprint density at radius 3 is 1.27 bits per heavy atom. The van der Waals surface area contributed by atoms with Crippen molar-refractivity contribution >= 4 is 34.8 Å². The molecular weight excluding hydrogens is 596 g/mol. The van der Waals surface area contributed by atoms with E-state index < -0.39 is 0 Å². The fraction of sp³-hybridized carbons (Fsp3) is 0.650. The topological polar surface area (TPSA) is 88.7 Å². The number of rotatable bonds is 12. The molecule has 3 aliphatic carbocycles. The van der Waals surface area contributed by atoms with Crippen LogP contribution in [-0.2, 0) is 12.8 Å². The zero-order valence-electron chi connectivity index (χ0n) is 30.2. The maximum Gasteiger partial charge on any atom is 0.322 e. The van der Waals surface area contributed by atoms with Crippen LogP contribution in [0.15, 0.2) is 36.4 Å². The minimum Gasteiger partial charge on any atom is -0.386 e. The summed E-state index contributed by atoms with van der Waals surface area (Å²) >= 11 is 0. The van der Waals surface area contributed by atoms with Gasteiger partial charge in [0.25, 0.3) is 0 Å². The Morgan fingerprint density at radius 1 is 0.562 bits per heavy atom. The van der Waals surface area contributed by atoms with E-state index in [4.69, 9.17) is 0 Å². The Balaban J connectivity index is 1.22. The normalized spacial score (nSPS) is 20.5. The molecule has 2 aromatic rings. The average molecular weight is 659 g/mol. The molecule has 3 saturated carbocycles. The average Bonchev–Trinajstić information content (AvgIpc) is 3.14. The molecule has 0 heterocycles. The first-order chi connectivity index (χ1) is 23.4. The number of nitrogens with zero attached hydrogens (tertiary/aromatic N) is 2. The molecule has 8 nitrogen and oxygen atoms in total. The van der Waals surface area contributed by atoms with Crippen molar-refractivity contribution in [1.82, 2.24) is 9.80 Å². The number of nitrogens with one attached hydrogen (secondary N) is 4. The molecule has 48 heavy (non-hydrogen) atoms. The van der Waals surface area contributed by atoms with Crippen LogP contribution in [0.3, 0.4) is 0 Å². The van der Waals surface area contributed by atoms with Gasteiger partial charge >= 0.3 is 12.1 Å². The van der Waals surface area contributed by atoms with Crippen LogP contribution in [0.25, 0.3) is 0 Å². The van der Waals surface area contributed by atoms with E-state index in [2.05, 4.69) is 69.2 Å². The van der Waals surface area contributed by atoms with Crippen molar-refractivity contribution in [2.75, 3.05) is 48.5 Å². The highest BCUT2D eigenvalue weighted by Crippen LogP contribution is 2.35. The maximum absolute atomic E-state index is 13.9. The molecule has 2 aromatic carbocycles. The first-order valence-corrected chi connectivity index (χ1v) is 19.2. The van der Waals surface area contributed by atoms with E-state index >= 15 is 0 Å². The number of hydrogen-bond acceptors (Lipinski definition) is 4. The minimum atomic E-state index is 0.0397. The third-order valence-electron chi connectivity index (χ3n) is 11.4. The lowest BCUT2D eigenvalue weighted by Crippen LogP contribution is -2.48. The summed E-state index contributed by atoms with van der Waals surface area (Å²) in [6.45, 7) is 5.94. The van der Waals surface area contributed by atoms with Gasteiger partial charge in [0, 0.05) is 39.3 Å². The van der Waals surface area contributed by atoms with Crippen molar-refractivity contribution in [2.24, 2.45) is 11.8 Å². The summed E-state index contributed by atoms with van der Waals surface area (Å²) in [6, 6.07) is 13.3. The molecule has 0 aromatic heterocycles. The Bertz CT molecular complexity index is 1230. The van der Waals surface area contributed by atoms with Gasteiger partial charge in [-0.2, -0.15) is 0 Å². The third-order valence-corrected chi connectivity index (χ3v) is 11.4. The largest absolute Gasteiger partial charge is 0.386 e. The van der Waals surface area contributed by atoms with E-state index in [1.807, 2.05) is 26.2 Å². The van der Waals surface area contributed by atoms with E-state index in [9.17, 15) is 9.59 Å². The summed E-state index contributed by atoms with van der Waals surface area (Å²) in [5, 5.41) is 13.1. The number of benzene rings is 2. The fourth-order valence-electron chi connectivity index (χ4n) is 8.36. The number of hydrogen-bond donors (Lipinski definition) is 4. The molecule has 0 unspecified atom stereocenters. The summed E-state index contributed by atoms with van der Waals surface area (Å²) in [7, 11) is 3.84. The van der Waals surface area contributed by atoms with Crippen molar-refractivity contribution in [2.45, 2.75) is 129 Å². The lowest BCUT2D eigenvalue weighted by atomic mass is 9.80. The number of urea groups is 2. The van der Waals surface area contributed by atoms with Gasteiger partial charge in [-0.15, -0.1) is 0 Å². The SMILES string of the molecule is CCc1ccc(NC(=O)N(C[C@H]2CC[C@H](CN(C(=O)Nc3ccc(CC)cc3NC)C3CCCCC3)CC2)C2CCCCC2)c(NC)c1. The van der Waals surface area contributed by atoms with Gasteiger partial charge in [0.15, 0.2) is 0 Å². The maximum atomic E-state index is 13.9. The van der Waals surface area contributed by atoms with E-state index in [-0.39, 0.29) is 12.1 Å². The van der Waals surface area contributed by atoms with Crippen molar-refractivity contribution in [3.05, 3.63) is 47.5 Å². The van der Waals surface area contributed by atoms with Crippen LogP contribution in [0.2, 0.25) is 0 Å². The summed E-state index contributed by atoms with van der Waals surface area (Å²) in [6.07, 6.45) is 18.1. The lowest BCUT2D eigenvalue weighted by molar-refractivity contribution is 0.117. The molecule has 0 radical (unpaired) electrons. The van der Waals surface area contributed by atoms with E-state index in [1.54, 1.807) is 0 Å². The fourth-order valence-corrected chi connectivity index (χ4v) is 8.36. The first kappa shape index (κ1) is 35.9. The number of carbonyl (C=O) groups excluding carboxylic acids is 2. The van der Waals surface area contributed by atoms with Crippen molar-refractivity contribution in [3.63, 3.8) is 0 Å². The minimum absolute atomic E-state index is 0.0397. The highest BCUT2D eigenvalue weighted by molar-refractivity contribution is 5.94. The molecule has 3 aliphatic rings. The van der Waals surface area contributed by atoms with E-state index in [1.165, 1.54) is 49.7 Å². The number of carbonyl (C=O) groups is 2. The molecule has 264 valence electrons. The van der Waals surface area contributed by atoms with Gasteiger partial charge in [0.1, 0.15) is 0 Å². The van der Waals surface area contributed by atoms with Crippen LogP contribution in [0.4, 0.5) is 32.3 Å². The van der Waals surface area contributed by atoms with Gasteiger partial charge in [-0.1, -0.05) is 64.5 Å². The van der Waals surface area contributed by atoms with Gasteiger partial charge < -0.3 is 31.1 Å². The van der Waals surface area contributed by atoms with E-state index in [0.29, 0.717) is 23.9 Å². The van der Waals surface area contributed by atoms with Crippen molar-refractivity contribution < 1.29 is 9.59 Å². The van der Waals surface area contributed by atoms with Crippen LogP contribution in [0.5, 0.6) is 0 Å². The second-order valence-corrected chi connectivity index (χ2v) is 14.6. The molecule has 4 amide bonds. The second kappa shape index (κ2) is 17.8. The van der Waals surface area contributed by atoms with Crippen LogP contribution in [0.1, 0.15) is 115 Å². The van der Waals surface area contributed by atoms with E-state index in [0.717, 1.165) is 100 Å². The highest BCUT2D eigenvalue weighted by Gasteiger charge is 2.33. The molecule has 0 atom stereocenters. The van der Waals surface area contributed by atoms with Gasteiger partial charge in [0.2, 0.25) is 0 Å². The smallest absolute Gasteiger partial charge is 0.322 e. The Kier molecular flexibility index (Phi) is 13.3. The van der Waals surface area contributed by atoms with Gasteiger partial charge in [-0.25, -0.2) is 9.59 Å². The summed E-state index contributed by atoms with van der Waals surface area (Å²) in [4.78, 5) is 32.2. The van der Waals surface area contributed by atoms with Crippen LogP contribution >= 0.6 is 0 Å². The van der Waals surface area contributed by atoms with Crippen LogP contribution < -0.4 is 21.3 Å². The van der Waals surface area contributed by atoms with Crippen LogP contribution in [-0.4, -0.2) is 61.1 Å². The number of amides is 4. The Hall–Kier alpha value is -3.42. The van der Waals surface area contributed by atoms with Gasteiger partial charge in [-0.3, -0.25) is 0 Å². The standard InChI is InChI=1S/C40H62N6O2/c1-5-29-21-23-35(37(25-29)41-3)43-39(47)45(33-13-9-7-10-14-33)27-31-17-19-32(20-18-31)28-46(34-15-11-8-12-16-34)40(48)44-36-24-22-30(6-2)26-38(36)42-4/h21-26,31-34,41-42H,5-20,27-28H2,1-4H3,(H,43,47)(H,44,48)/t31-,32-. The molecule has 0 bridgehead atoms. The van der Waals surface area contributed by atoms with Crippen molar-refractivity contribution in [3.8, 4) is 0 Å². The molecule has 0 aliphatic heterocycles. The third kappa shape index (κ3) is 9.38. The molecule has 0 spiro atoms. The molecule has 3 fully saturated rings. The molecule has 8 heteroatoms. The van der Waals surface area contributed by atoms with Gasteiger partial charge in [-0.05, 0) is 111 Å². The summed E-state index contributed by atoms with van der Waals surface area (Å²) in [5.41, 5.74) is 6.16. The second-order valence-electron chi connectivity index (χ2n) is 14.6. The number of anilines is 4.